The fourth-order valence-electron chi connectivity index (χ4n) is 2.39. The van der Waals surface area contributed by atoms with Crippen LogP contribution in [0, 0.1) is 0 Å². The van der Waals surface area contributed by atoms with E-state index in [1.165, 1.54) is 47.6 Å². The first kappa shape index (κ1) is 21.7. The Balaban J connectivity index is 2.21. The molecule has 0 aliphatic heterocycles. The lowest BCUT2D eigenvalue weighted by atomic mass is 10.2. The van der Waals surface area contributed by atoms with Crippen LogP contribution in [0.2, 0.25) is 0 Å². The standard InChI is InChI=1S/C18H23N3O5S2/c1-21(2)28(22,23)14-8-6-7-12(9-14)19-18(27)20-13-10-15(24-3)17(26-5)16(11-13)25-4/h6-11H,1-5H3,(H2,19,20,27). The summed E-state index contributed by atoms with van der Waals surface area (Å²) < 4.78 is 41.6. The molecule has 0 aromatic heterocycles. The highest BCUT2D eigenvalue weighted by Crippen LogP contribution is 2.39. The van der Waals surface area contributed by atoms with Crippen LogP contribution in [-0.2, 0) is 10.0 Å². The molecule has 0 fully saturated rings. The van der Waals surface area contributed by atoms with Gasteiger partial charge in [-0.2, -0.15) is 0 Å². The maximum atomic E-state index is 12.3. The van der Waals surface area contributed by atoms with Crippen LogP contribution in [0.25, 0.3) is 0 Å². The molecule has 8 nitrogen and oxygen atoms in total. The Kier molecular flexibility index (Phi) is 7.05. The number of thiocarbonyl (C=S) groups is 1. The van der Waals surface area contributed by atoms with Crippen LogP contribution in [0.15, 0.2) is 41.3 Å². The first-order valence-electron chi connectivity index (χ1n) is 8.13. The molecule has 0 saturated heterocycles. The topological polar surface area (TPSA) is 89.1 Å². The Hall–Kier alpha value is -2.56. The van der Waals surface area contributed by atoms with Crippen LogP contribution < -0.4 is 24.8 Å². The van der Waals surface area contributed by atoms with Gasteiger partial charge in [0.25, 0.3) is 0 Å². The first-order valence-corrected chi connectivity index (χ1v) is 9.98. The summed E-state index contributed by atoms with van der Waals surface area (Å²) in [5.74, 6) is 1.42. The van der Waals surface area contributed by atoms with Crippen molar-refractivity contribution in [3.05, 3.63) is 36.4 Å². The van der Waals surface area contributed by atoms with E-state index in [4.69, 9.17) is 26.4 Å². The minimum Gasteiger partial charge on any atom is -0.493 e. The van der Waals surface area contributed by atoms with Gasteiger partial charge in [-0.3, -0.25) is 0 Å². The fraction of sp³-hybridized carbons (Fsp3) is 0.278. The van der Waals surface area contributed by atoms with E-state index in [9.17, 15) is 8.42 Å². The monoisotopic (exact) mass is 425 g/mol. The summed E-state index contributed by atoms with van der Waals surface area (Å²) in [7, 11) is 3.99. The average molecular weight is 426 g/mol. The van der Waals surface area contributed by atoms with Gasteiger partial charge in [0.1, 0.15) is 0 Å². The molecule has 10 heteroatoms. The third-order valence-electron chi connectivity index (χ3n) is 3.79. The smallest absolute Gasteiger partial charge is 0.242 e. The number of anilines is 2. The maximum absolute atomic E-state index is 12.3. The molecule has 0 radical (unpaired) electrons. The van der Waals surface area contributed by atoms with Gasteiger partial charge in [0, 0.05) is 37.6 Å². The molecule has 0 aliphatic carbocycles. The number of nitrogens with zero attached hydrogens (tertiary/aromatic N) is 1. The largest absolute Gasteiger partial charge is 0.493 e. The Labute approximate surface area is 170 Å². The molecule has 0 spiro atoms. The van der Waals surface area contributed by atoms with Crippen molar-refractivity contribution >= 4 is 38.7 Å². The van der Waals surface area contributed by atoms with Crippen LogP contribution in [0.5, 0.6) is 17.2 Å². The van der Waals surface area contributed by atoms with E-state index in [1.54, 1.807) is 24.3 Å². The van der Waals surface area contributed by atoms with E-state index in [1.807, 2.05) is 0 Å². The number of methoxy groups -OCH3 is 3. The van der Waals surface area contributed by atoms with E-state index in [2.05, 4.69) is 10.6 Å². The van der Waals surface area contributed by atoms with E-state index < -0.39 is 10.0 Å². The number of ether oxygens (including phenoxy) is 3. The van der Waals surface area contributed by atoms with Crippen molar-refractivity contribution in [2.24, 2.45) is 0 Å². The third kappa shape index (κ3) is 4.83. The van der Waals surface area contributed by atoms with Crippen LogP contribution in [0.3, 0.4) is 0 Å². The van der Waals surface area contributed by atoms with Crippen LogP contribution in [0.1, 0.15) is 0 Å². The predicted octanol–water partition coefficient (Wildman–Crippen LogP) is 2.77. The highest BCUT2D eigenvalue weighted by molar-refractivity contribution is 7.89. The summed E-state index contributed by atoms with van der Waals surface area (Å²) in [5, 5.41) is 6.26. The number of nitrogens with one attached hydrogen (secondary N) is 2. The van der Waals surface area contributed by atoms with Crippen molar-refractivity contribution in [2.75, 3.05) is 46.1 Å². The van der Waals surface area contributed by atoms with E-state index in [-0.39, 0.29) is 10.0 Å². The van der Waals surface area contributed by atoms with Crippen molar-refractivity contribution in [1.29, 1.82) is 0 Å². The molecular formula is C18H23N3O5S2. The van der Waals surface area contributed by atoms with E-state index in [0.717, 1.165) is 4.31 Å². The first-order chi connectivity index (χ1) is 13.2. The van der Waals surface area contributed by atoms with Gasteiger partial charge in [-0.1, -0.05) is 6.07 Å². The number of rotatable bonds is 7. The molecule has 2 aromatic rings. The van der Waals surface area contributed by atoms with Crippen molar-refractivity contribution in [1.82, 2.24) is 4.31 Å². The molecule has 152 valence electrons. The van der Waals surface area contributed by atoms with Gasteiger partial charge in [0.15, 0.2) is 16.6 Å². The van der Waals surface area contributed by atoms with E-state index >= 15 is 0 Å². The van der Waals surface area contributed by atoms with Crippen LogP contribution >= 0.6 is 12.2 Å². The Morgan fingerprint density at radius 3 is 2.00 bits per heavy atom. The van der Waals surface area contributed by atoms with Crippen molar-refractivity contribution in [3.63, 3.8) is 0 Å². The molecule has 0 bridgehead atoms. The summed E-state index contributed by atoms with van der Waals surface area (Å²) in [5.41, 5.74) is 1.15. The SMILES string of the molecule is COc1cc(NC(=S)Nc2cccc(S(=O)(=O)N(C)C)c2)cc(OC)c1OC. The second-order valence-corrected chi connectivity index (χ2v) is 8.37. The second-order valence-electron chi connectivity index (χ2n) is 5.81. The summed E-state index contributed by atoms with van der Waals surface area (Å²) in [6.45, 7) is 0. The normalized spacial score (nSPS) is 11.1. The van der Waals surface area contributed by atoms with Crippen molar-refractivity contribution in [2.45, 2.75) is 4.90 Å². The zero-order valence-electron chi connectivity index (χ0n) is 16.3. The van der Waals surface area contributed by atoms with Gasteiger partial charge >= 0.3 is 0 Å². The lowest BCUT2D eigenvalue weighted by Crippen LogP contribution is -2.23. The molecular weight excluding hydrogens is 402 g/mol. The van der Waals surface area contributed by atoms with Gasteiger partial charge in [-0.15, -0.1) is 0 Å². The molecule has 0 aliphatic rings. The lowest BCUT2D eigenvalue weighted by molar-refractivity contribution is 0.324. The van der Waals surface area contributed by atoms with E-state index in [0.29, 0.717) is 28.6 Å². The maximum Gasteiger partial charge on any atom is 0.242 e. The summed E-state index contributed by atoms with van der Waals surface area (Å²) >= 11 is 5.33. The third-order valence-corrected chi connectivity index (χ3v) is 5.81. The number of benzene rings is 2. The second kappa shape index (κ2) is 9.09. The molecule has 0 heterocycles. The Bertz CT molecular complexity index is 936. The molecule has 2 N–H and O–H groups in total. The highest BCUT2D eigenvalue weighted by Gasteiger charge is 2.18. The van der Waals surface area contributed by atoms with Gasteiger partial charge < -0.3 is 24.8 Å². The lowest BCUT2D eigenvalue weighted by Gasteiger charge is -2.16. The fourth-order valence-corrected chi connectivity index (χ4v) is 3.58. The van der Waals surface area contributed by atoms with Gasteiger partial charge in [0.2, 0.25) is 15.8 Å². The molecule has 0 unspecified atom stereocenters. The summed E-state index contributed by atoms with van der Waals surface area (Å²) in [6.07, 6.45) is 0. The highest BCUT2D eigenvalue weighted by atomic mass is 32.2. The zero-order chi connectivity index (χ0) is 20.9. The Morgan fingerprint density at radius 2 is 1.50 bits per heavy atom. The molecule has 0 atom stereocenters. The quantitative estimate of drug-likeness (QED) is 0.655. The number of sulfonamides is 1. The number of hydrogen-bond donors (Lipinski definition) is 2. The summed E-state index contributed by atoms with van der Waals surface area (Å²) in [4.78, 5) is 0.165. The predicted molar refractivity (Wildman–Crippen MR) is 113 cm³/mol. The van der Waals surface area contributed by atoms with Gasteiger partial charge in [-0.05, 0) is 30.4 Å². The minimum absolute atomic E-state index is 0.165. The minimum atomic E-state index is -3.54. The number of hydrogen-bond acceptors (Lipinski definition) is 6. The molecule has 2 rings (SSSR count). The van der Waals surface area contributed by atoms with Crippen molar-refractivity contribution in [3.8, 4) is 17.2 Å². The molecule has 0 saturated carbocycles. The van der Waals surface area contributed by atoms with Crippen LogP contribution in [-0.4, -0.2) is 53.3 Å². The summed E-state index contributed by atoms with van der Waals surface area (Å²) in [6, 6.07) is 9.82. The molecule has 0 amide bonds. The molecule has 28 heavy (non-hydrogen) atoms. The molecule has 2 aromatic carbocycles. The Morgan fingerprint density at radius 1 is 0.929 bits per heavy atom. The van der Waals surface area contributed by atoms with Crippen molar-refractivity contribution < 1.29 is 22.6 Å². The average Bonchev–Trinajstić information content (AvgIpc) is 2.66. The zero-order valence-corrected chi connectivity index (χ0v) is 17.9. The van der Waals surface area contributed by atoms with Gasteiger partial charge in [0.05, 0.1) is 26.2 Å². The van der Waals surface area contributed by atoms with Crippen LogP contribution in [0.4, 0.5) is 11.4 Å². The van der Waals surface area contributed by atoms with Gasteiger partial charge in [-0.25, -0.2) is 12.7 Å².